The molecule has 0 fully saturated rings. The SMILES string of the molecule is S=c1[nH][nH]c(=S)n1/N=C\c1ccc(Nc2ccccc2)cc1. The predicted molar refractivity (Wildman–Crippen MR) is 94.0 cm³/mol. The number of hydrogen-bond acceptors (Lipinski definition) is 4. The van der Waals surface area contributed by atoms with Crippen molar-refractivity contribution < 1.29 is 0 Å². The molecule has 2 aromatic carbocycles. The Kier molecular flexibility index (Phi) is 4.27. The molecule has 3 aromatic rings. The van der Waals surface area contributed by atoms with Crippen LogP contribution in [0.2, 0.25) is 0 Å². The molecule has 0 amide bonds. The summed E-state index contributed by atoms with van der Waals surface area (Å²) in [6, 6.07) is 17.9. The highest BCUT2D eigenvalue weighted by molar-refractivity contribution is 7.72. The first kappa shape index (κ1) is 14.4. The second-order valence-electron chi connectivity index (χ2n) is 4.53. The summed E-state index contributed by atoms with van der Waals surface area (Å²) in [4.78, 5) is 0. The van der Waals surface area contributed by atoms with Gasteiger partial charge in [0.15, 0.2) is 0 Å². The molecule has 0 unspecified atom stereocenters. The smallest absolute Gasteiger partial charge is 0.215 e. The molecule has 0 aliphatic heterocycles. The van der Waals surface area contributed by atoms with E-state index in [0.717, 1.165) is 16.9 Å². The number of H-pyrrole nitrogens is 2. The number of nitrogens with zero attached hydrogens (tertiary/aromatic N) is 2. The van der Waals surface area contributed by atoms with E-state index in [4.69, 9.17) is 24.4 Å². The molecule has 3 rings (SSSR count). The fourth-order valence-electron chi connectivity index (χ4n) is 1.88. The van der Waals surface area contributed by atoms with Gasteiger partial charge in [-0.3, -0.25) is 10.2 Å². The van der Waals surface area contributed by atoms with Crippen molar-refractivity contribution in [2.24, 2.45) is 5.10 Å². The fraction of sp³-hybridized carbons (Fsp3) is 0. The lowest BCUT2D eigenvalue weighted by Crippen LogP contribution is -1.92. The molecule has 0 radical (unpaired) electrons. The van der Waals surface area contributed by atoms with Crippen LogP contribution in [0.15, 0.2) is 59.7 Å². The summed E-state index contributed by atoms with van der Waals surface area (Å²) in [6.07, 6.45) is 1.71. The van der Waals surface area contributed by atoms with Gasteiger partial charge in [-0.15, -0.1) is 0 Å². The maximum Gasteiger partial charge on any atom is 0.215 e. The van der Waals surface area contributed by atoms with E-state index >= 15 is 0 Å². The van der Waals surface area contributed by atoms with Crippen molar-refractivity contribution in [3.05, 3.63) is 69.7 Å². The van der Waals surface area contributed by atoms with Crippen LogP contribution in [0.25, 0.3) is 0 Å². The van der Waals surface area contributed by atoms with Crippen LogP contribution >= 0.6 is 24.4 Å². The van der Waals surface area contributed by atoms with Crippen molar-refractivity contribution >= 4 is 42.0 Å². The molecule has 1 aromatic heterocycles. The van der Waals surface area contributed by atoms with E-state index in [1.807, 2.05) is 54.6 Å². The van der Waals surface area contributed by atoms with Crippen LogP contribution in [-0.2, 0) is 0 Å². The van der Waals surface area contributed by atoms with Gasteiger partial charge >= 0.3 is 0 Å². The first-order chi connectivity index (χ1) is 10.7. The third-order valence-corrected chi connectivity index (χ3v) is 3.51. The lowest BCUT2D eigenvalue weighted by atomic mass is 10.2. The third kappa shape index (κ3) is 3.38. The van der Waals surface area contributed by atoms with Crippen molar-refractivity contribution in [2.45, 2.75) is 0 Å². The van der Waals surface area contributed by atoms with Crippen LogP contribution in [0.5, 0.6) is 0 Å². The summed E-state index contributed by atoms with van der Waals surface area (Å²) in [5.74, 6) is 0. The highest BCUT2D eigenvalue weighted by Gasteiger charge is 1.95. The summed E-state index contributed by atoms with van der Waals surface area (Å²) in [6.45, 7) is 0. The zero-order valence-corrected chi connectivity index (χ0v) is 13.1. The van der Waals surface area contributed by atoms with E-state index < -0.39 is 0 Å². The van der Waals surface area contributed by atoms with E-state index in [9.17, 15) is 0 Å². The Morgan fingerprint density at radius 3 is 2.09 bits per heavy atom. The fourth-order valence-corrected chi connectivity index (χ4v) is 2.31. The number of hydrogen-bond donors (Lipinski definition) is 3. The van der Waals surface area contributed by atoms with Crippen LogP contribution in [0.1, 0.15) is 5.56 Å². The molecule has 22 heavy (non-hydrogen) atoms. The topological polar surface area (TPSA) is 60.9 Å². The second kappa shape index (κ2) is 6.50. The van der Waals surface area contributed by atoms with Crippen LogP contribution in [0.4, 0.5) is 11.4 Å². The Morgan fingerprint density at radius 1 is 0.864 bits per heavy atom. The Balaban J connectivity index is 1.75. The highest BCUT2D eigenvalue weighted by Crippen LogP contribution is 2.16. The first-order valence-electron chi connectivity index (χ1n) is 6.58. The average molecular weight is 327 g/mol. The van der Waals surface area contributed by atoms with Gasteiger partial charge in [0.25, 0.3) is 0 Å². The molecule has 0 atom stereocenters. The minimum Gasteiger partial charge on any atom is -0.356 e. The molecular formula is C15H13N5S2. The van der Waals surface area contributed by atoms with E-state index in [0.29, 0.717) is 9.54 Å². The molecule has 0 bridgehead atoms. The number of anilines is 2. The Hall–Kier alpha value is -2.51. The van der Waals surface area contributed by atoms with Crippen molar-refractivity contribution in [3.63, 3.8) is 0 Å². The van der Waals surface area contributed by atoms with Gasteiger partial charge in [0, 0.05) is 11.4 Å². The molecule has 0 saturated carbocycles. The summed E-state index contributed by atoms with van der Waals surface area (Å²) in [5.41, 5.74) is 3.02. The molecule has 0 saturated heterocycles. The molecule has 0 spiro atoms. The van der Waals surface area contributed by atoms with Crippen LogP contribution in [0, 0.1) is 9.54 Å². The monoisotopic (exact) mass is 327 g/mol. The van der Waals surface area contributed by atoms with E-state index in [1.165, 1.54) is 4.68 Å². The van der Waals surface area contributed by atoms with Crippen LogP contribution in [-0.4, -0.2) is 21.1 Å². The van der Waals surface area contributed by atoms with E-state index in [-0.39, 0.29) is 0 Å². The number of nitrogens with one attached hydrogen (secondary N) is 3. The van der Waals surface area contributed by atoms with E-state index in [2.05, 4.69) is 20.6 Å². The zero-order chi connectivity index (χ0) is 15.4. The summed E-state index contributed by atoms with van der Waals surface area (Å²) >= 11 is 10.1. The van der Waals surface area contributed by atoms with Gasteiger partial charge in [0.1, 0.15) is 0 Å². The van der Waals surface area contributed by atoms with Gasteiger partial charge in [-0.2, -0.15) is 9.78 Å². The van der Waals surface area contributed by atoms with Gasteiger partial charge in [0.05, 0.1) is 6.21 Å². The number of para-hydroxylation sites is 1. The zero-order valence-electron chi connectivity index (χ0n) is 11.5. The van der Waals surface area contributed by atoms with Crippen molar-refractivity contribution in [3.8, 4) is 0 Å². The number of rotatable bonds is 4. The number of aromatic nitrogens is 3. The van der Waals surface area contributed by atoms with Gasteiger partial charge in [-0.1, -0.05) is 30.3 Å². The predicted octanol–water partition coefficient (Wildman–Crippen LogP) is 4.23. The largest absolute Gasteiger partial charge is 0.356 e. The van der Waals surface area contributed by atoms with Crippen molar-refractivity contribution in [1.82, 2.24) is 14.9 Å². The summed E-state index contributed by atoms with van der Waals surface area (Å²) < 4.78 is 2.33. The summed E-state index contributed by atoms with van der Waals surface area (Å²) in [7, 11) is 0. The Labute approximate surface area is 137 Å². The molecule has 3 N–H and O–H groups in total. The molecular weight excluding hydrogens is 314 g/mol. The number of aromatic amines is 2. The molecule has 1 heterocycles. The lowest BCUT2D eigenvalue weighted by Gasteiger charge is -2.05. The minimum absolute atomic E-state index is 0.434. The lowest BCUT2D eigenvalue weighted by molar-refractivity contribution is 0.848. The van der Waals surface area contributed by atoms with Crippen molar-refractivity contribution in [2.75, 3.05) is 5.32 Å². The summed E-state index contributed by atoms with van der Waals surface area (Å²) in [5, 5.41) is 13.0. The van der Waals surface area contributed by atoms with Crippen molar-refractivity contribution in [1.29, 1.82) is 0 Å². The van der Waals surface area contributed by atoms with Gasteiger partial charge in [-0.25, -0.2) is 0 Å². The molecule has 110 valence electrons. The number of benzene rings is 2. The first-order valence-corrected chi connectivity index (χ1v) is 7.40. The average Bonchev–Trinajstić information content (AvgIpc) is 2.86. The van der Waals surface area contributed by atoms with E-state index in [1.54, 1.807) is 6.21 Å². The van der Waals surface area contributed by atoms with Gasteiger partial charge in [-0.05, 0) is 54.3 Å². The maximum atomic E-state index is 5.07. The third-order valence-electron chi connectivity index (χ3n) is 2.96. The molecule has 5 nitrogen and oxygen atoms in total. The molecule has 0 aliphatic carbocycles. The maximum absolute atomic E-state index is 5.07. The normalized spacial score (nSPS) is 10.9. The molecule has 7 heteroatoms. The Bertz CT molecular complexity index is 860. The Morgan fingerprint density at radius 2 is 1.45 bits per heavy atom. The second-order valence-corrected chi connectivity index (χ2v) is 5.30. The van der Waals surface area contributed by atoms with Gasteiger partial charge in [0.2, 0.25) is 9.54 Å². The van der Waals surface area contributed by atoms with Crippen LogP contribution < -0.4 is 5.32 Å². The van der Waals surface area contributed by atoms with Gasteiger partial charge < -0.3 is 5.32 Å². The van der Waals surface area contributed by atoms with Crippen LogP contribution in [0.3, 0.4) is 0 Å². The quantitative estimate of drug-likeness (QED) is 0.496. The minimum atomic E-state index is 0.434. The highest BCUT2D eigenvalue weighted by atomic mass is 32.1. The molecule has 0 aliphatic rings. The standard InChI is InChI=1S/C15H13N5S2/c21-14-18-19-15(22)20(14)16-10-11-6-8-13(9-7-11)17-12-4-2-1-3-5-12/h1-10,17H,(H,18,21)(H,19,22)/b16-10-.